The van der Waals surface area contributed by atoms with E-state index < -0.39 is 0 Å². The highest BCUT2D eigenvalue weighted by atomic mass is 35.5. The second kappa shape index (κ2) is 3.44. The van der Waals surface area contributed by atoms with Crippen molar-refractivity contribution in [2.24, 2.45) is 5.73 Å². The Morgan fingerprint density at radius 1 is 1.57 bits per heavy atom. The molecule has 2 atom stereocenters. The van der Waals surface area contributed by atoms with E-state index in [4.69, 9.17) is 17.3 Å². The number of fused-ring (bicyclic) bond motifs is 1. The standard InChI is InChI=1S/C11H15ClN2/c1-7(13)10-6-14(2)11-5-8(12)3-4-9(10)11/h3-5,7,10H,6,13H2,1-2H3. The van der Waals surface area contributed by atoms with E-state index in [1.54, 1.807) is 0 Å². The predicted molar refractivity (Wildman–Crippen MR) is 61.1 cm³/mol. The molecule has 3 heteroatoms. The summed E-state index contributed by atoms with van der Waals surface area (Å²) in [5, 5.41) is 0.793. The molecule has 76 valence electrons. The first-order valence-electron chi connectivity index (χ1n) is 4.86. The van der Waals surface area contributed by atoms with Crippen molar-refractivity contribution >= 4 is 17.3 Å². The molecule has 1 heterocycles. The van der Waals surface area contributed by atoms with Gasteiger partial charge in [-0.05, 0) is 24.6 Å². The molecular weight excluding hydrogens is 196 g/mol. The van der Waals surface area contributed by atoms with E-state index in [0.29, 0.717) is 5.92 Å². The summed E-state index contributed by atoms with van der Waals surface area (Å²) in [6.07, 6.45) is 0. The maximum atomic E-state index is 5.96. The Bertz CT molecular complexity index is 349. The molecule has 0 saturated carbocycles. The summed E-state index contributed by atoms with van der Waals surface area (Å²) in [4.78, 5) is 2.22. The van der Waals surface area contributed by atoms with Gasteiger partial charge in [-0.3, -0.25) is 0 Å². The fourth-order valence-corrected chi connectivity index (χ4v) is 2.27. The van der Waals surface area contributed by atoms with Gasteiger partial charge in [-0.15, -0.1) is 0 Å². The van der Waals surface area contributed by atoms with Crippen molar-refractivity contribution in [1.29, 1.82) is 0 Å². The van der Waals surface area contributed by atoms with E-state index in [2.05, 4.69) is 24.9 Å². The fourth-order valence-electron chi connectivity index (χ4n) is 2.10. The molecule has 2 unspecified atom stereocenters. The van der Waals surface area contributed by atoms with Gasteiger partial charge in [-0.2, -0.15) is 0 Å². The zero-order valence-corrected chi connectivity index (χ0v) is 9.25. The molecular formula is C11H15ClN2. The number of hydrogen-bond acceptors (Lipinski definition) is 2. The SMILES string of the molecule is CC(N)C1CN(C)c2cc(Cl)ccc21. The van der Waals surface area contributed by atoms with Gasteiger partial charge in [-0.25, -0.2) is 0 Å². The Kier molecular flexibility index (Phi) is 2.41. The lowest BCUT2D eigenvalue weighted by Crippen LogP contribution is -2.28. The highest BCUT2D eigenvalue weighted by Crippen LogP contribution is 2.37. The molecule has 1 aliphatic heterocycles. The quantitative estimate of drug-likeness (QED) is 0.770. The third-order valence-corrected chi connectivity index (χ3v) is 3.14. The summed E-state index contributed by atoms with van der Waals surface area (Å²) in [6, 6.07) is 6.24. The van der Waals surface area contributed by atoms with Gasteiger partial charge in [0.1, 0.15) is 0 Å². The van der Waals surface area contributed by atoms with Crippen LogP contribution in [-0.2, 0) is 0 Å². The second-order valence-corrected chi connectivity index (χ2v) is 4.49. The van der Waals surface area contributed by atoms with E-state index in [1.165, 1.54) is 11.3 Å². The average Bonchev–Trinajstić information content (AvgIpc) is 2.44. The summed E-state index contributed by atoms with van der Waals surface area (Å²) in [6.45, 7) is 3.05. The topological polar surface area (TPSA) is 29.3 Å². The Hall–Kier alpha value is -0.730. The molecule has 0 amide bonds. The van der Waals surface area contributed by atoms with Gasteiger partial charge in [0, 0.05) is 36.3 Å². The molecule has 2 nitrogen and oxygen atoms in total. The Morgan fingerprint density at radius 2 is 2.29 bits per heavy atom. The van der Waals surface area contributed by atoms with Crippen LogP contribution in [-0.4, -0.2) is 19.6 Å². The monoisotopic (exact) mass is 210 g/mol. The van der Waals surface area contributed by atoms with Crippen LogP contribution >= 0.6 is 11.6 Å². The summed E-state index contributed by atoms with van der Waals surface area (Å²) in [7, 11) is 2.08. The number of benzene rings is 1. The Labute approximate surface area is 89.7 Å². The summed E-state index contributed by atoms with van der Waals surface area (Å²) in [5.41, 5.74) is 8.50. The van der Waals surface area contributed by atoms with Gasteiger partial charge in [0.2, 0.25) is 0 Å². The summed E-state index contributed by atoms with van der Waals surface area (Å²) in [5.74, 6) is 0.437. The molecule has 1 aromatic carbocycles. The molecule has 14 heavy (non-hydrogen) atoms. The molecule has 0 saturated heterocycles. The largest absolute Gasteiger partial charge is 0.374 e. The van der Waals surface area contributed by atoms with Crippen molar-refractivity contribution < 1.29 is 0 Å². The van der Waals surface area contributed by atoms with Crippen molar-refractivity contribution in [3.8, 4) is 0 Å². The van der Waals surface area contributed by atoms with Crippen molar-refractivity contribution in [3.63, 3.8) is 0 Å². The van der Waals surface area contributed by atoms with Crippen LogP contribution < -0.4 is 10.6 Å². The van der Waals surface area contributed by atoms with E-state index >= 15 is 0 Å². The number of halogens is 1. The minimum atomic E-state index is 0.194. The van der Waals surface area contributed by atoms with Gasteiger partial charge in [-0.1, -0.05) is 17.7 Å². The predicted octanol–water partition coefficient (Wildman–Crippen LogP) is 2.22. The van der Waals surface area contributed by atoms with Crippen molar-refractivity contribution in [2.45, 2.75) is 18.9 Å². The Balaban J connectivity index is 2.44. The molecule has 2 rings (SSSR count). The first-order chi connectivity index (χ1) is 6.59. The zero-order valence-electron chi connectivity index (χ0n) is 8.50. The highest BCUT2D eigenvalue weighted by molar-refractivity contribution is 6.30. The number of likely N-dealkylation sites (N-methyl/N-ethyl adjacent to an activating group) is 1. The van der Waals surface area contributed by atoms with Crippen LogP contribution in [0.3, 0.4) is 0 Å². The third-order valence-electron chi connectivity index (χ3n) is 2.91. The van der Waals surface area contributed by atoms with Crippen molar-refractivity contribution in [2.75, 3.05) is 18.5 Å². The first-order valence-corrected chi connectivity index (χ1v) is 5.23. The lowest BCUT2D eigenvalue weighted by molar-refractivity contribution is 0.593. The second-order valence-electron chi connectivity index (χ2n) is 4.05. The average molecular weight is 211 g/mol. The van der Waals surface area contributed by atoms with Crippen LogP contribution in [0.5, 0.6) is 0 Å². The lowest BCUT2D eigenvalue weighted by atomic mass is 9.95. The molecule has 0 radical (unpaired) electrons. The van der Waals surface area contributed by atoms with Crippen LogP contribution in [0.4, 0.5) is 5.69 Å². The number of anilines is 1. The van der Waals surface area contributed by atoms with Crippen LogP contribution in [0.25, 0.3) is 0 Å². The van der Waals surface area contributed by atoms with Crippen LogP contribution in [0.15, 0.2) is 18.2 Å². The third kappa shape index (κ3) is 1.49. The molecule has 0 aromatic heterocycles. The Morgan fingerprint density at radius 3 is 2.93 bits per heavy atom. The molecule has 0 aliphatic carbocycles. The van der Waals surface area contributed by atoms with E-state index in [0.717, 1.165) is 11.6 Å². The molecule has 1 aromatic rings. The van der Waals surface area contributed by atoms with Crippen LogP contribution in [0, 0.1) is 0 Å². The highest BCUT2D eigenvalue weighted by Gasteiger charge is 2.28. The smallest absolute Gasteiger partial charge is 0.0426 e. The van der Waals surface area contributed by atoms with Gasteiger partial charge in [0.15, 0.2) is 0 Å². The number of nitrogens with two attached hydrogens (primary N) is 1. The van der Waals surface area contributed by atoms with Crippen LogP contribution in [0.2, 0.25) is 5.02 Å². The number of rotatable bonds is 1. The number of nitrogens with zero attached hydrogens (tertiary/aromatic N) is 1. The van der Waals surface area contributed by atoms with E-state index in [-0.39, 0.29) is 6.04 Å². The lowest BCUT2D eigenvalue weighted by Gasteiger charge is -2.15. The van der Waals surface area contributed by atoms with Gasteiger partial charge in [0.25, 0.3) is 0 Å². The first kappa shape index (κ1) is 9.81. The fraction of sp³-hybridized carbons (Fsp3) is 0.455. The maximum absolute atomic E-state index is 5.96. The molecule has 2 N–H and O–H groups in total. The maximum Gasteiger partial charge on any atom is 0.0426 e. The van der Waals surface area contributed by atoms with Gasteiger partial charge < -0.3 is 10.6 Å². The summed E-state index contributed by atoms with van der Waals surface area (Å²) < 4.78 is 0. The zero-order chi connectivity index (χ0) is 10.3. The van der Waals surface area contributed by atoms with Gasteiger partial charge in [0.05, 0.1) is 0 Å². The molecule has 0 spiro atoms. The van der Waals surface area contributed by atoms with E-state index in [1.807, 2.05) is 12.1 Å². The van der Waals surface area contributed by atoms with Gasteiger partial charge >= 0.3 is 0 Å². The van der Waals surface area contributed by atoms with E-state index in [9.17, 15) is 0 Å². The minimum Gasteiger partial charge on any atom is -0.374 e. The molecule has 0 bridgehead atoms. The van der Waals surface area contributed by atoms with Crippen molar-refractivity contribution in [3.05, 3.63) is 28.8 Å². The summed E-state index contributed by atoms with van der Waals surface area (Å²) >= 11 is 5.96. The molecule has 1 aliphatic rings. The van der Waals surface area contributed by atoms with Crippen molar-refractivity contribution in [1.82, 2.24) is 0 Å². The minimum absolute atomic E-state index is 0.194. The normalized spacial score (nSPS) is 22.3. The number of hydrogen-bond donors (Lipinski definition) is 1. The molecule has 0 fully saturated rings. The van der Waals surface area contributed by atoms with Crippen LogP contribution in [0.1, 0.15) is 18.4 Å².